The lowest BCUT2D eigenvalue weighted by atomic mass is 9.99. The highest BCUT2D eigenvalue weighted by atomic mass is 35.5. The molecule has 0 saturated carbocycles. The van der Waals surface area contributed by atoms with Crippen molar-refractivity contribution < 1.29 is 14.3 Å². The monoisotopic (exact) mass is 370 g/mol. The summed E-state index contributed by atoms with van der Waals surface area (Å²) >= 11 is 0. The molecule has 0 spiro atoms. The fourth-order valence-corrected chi connectivity index (χ4v) is 2.70. The minimum atomic E-state index is -0.496. The van der Waals surface area contributed by atoms with Crippen molar-refractivity contribution >= 4 is 18.3 Å². The van der Waals surface area contributed by atoms with Crippen molar-refractivity contribution in [3.05, 3.63) is 35.4 Å². The van der Waals surface area contributed by atoms with E-state index in [1.807, 2.05) is 12.1 Å². The molecule has 25 heavy (non-hydrogen) atoms. The average Bonchev–Trinajstić information content (AvgIpc) is 3.10. The Kier molecular flexibility index (Phi) is 9.43. The van der Waals surface area contributed by atoms with Gasteiger partial charge < -0.3 is 20.5 Å². The maximum atomic E-state index is 12.1. The summed E-state index contributed by atoms with van der Waals surface area (Å²) in [5.74, 6) is 0.360. The minimum Gasteiger partial charge on any atom is -0.376 e. The Morgan fingerprint density at radius 3 is 2.48 bits per heavy atom. The van der Waals surface area contributed by atoms with Gasteiger partial charge in [0.15, 0.2) is 0 Å². The third-order valence-corrected chi connectivity index (χ3v) is 4.45. The molecule has 1 aliphatic heterocycles. The SMILES string of the molecule is CC(OCC1CCCO1)C(=O)NCC(N)c1ccc(C(C)C)cc1.Cl. The van der Waals surface area contributed by atoms with Crippen molar-refractivity contribution in [1.82, 2.24) is 5.32 Å². The molecule has 5 nitrogen and oxygen atoms in total. The number of hydrogen-bond acceptors (Lipinski definition) is 4. The standard InChI is InChI=1S/C19H30N2O3.ClH/c1-13(2)15-6-8-16(9-7-15)18(20)11-21-19(22)14(3)24-12-17-5-4-10-23-17;/h6-9,13-14,17-18H,4-5,10-12,20H2,1-3H3,(H,21,22);1H. The Morgan fingerprint density at radius 2 is 1.92 bits per heavy atom. The van der Waals surface area contributed by atoms with Gasteiger partial charge >= 0.3 is 0 Å². The summed E-state index contributed by atoms with van der Waals surface area (Å²) in [6.07, 6.45) is 1.71. The van der Waals surface area contributed by atoms with Crippen LogP contribution >= 0.6 is 12.4 Å². The Labute approximate surface area is 157 Å². The first-order chi connectivity index (χ1) is 11.5. The van der Waals surface area contributed by atoms with Crippen LogP contribution < -0.4 is 11.1 Å². The van der Waals surface area contributed by atoms with Gasteiger partial charge in [-0.25, -0.2) is 0 Å². The number of hydrogen-bond donors (Lipinski definition) is 2. The predicted molar refractivity (Wildman–Crippen MR) is 102 cm³/mol. The summed E-state index contributed by atoms with van der Waals surface area (Å²) in [4.78, 5) is 12.1. The molecule has 0 bridgehead atoms. The molecule has 1 saturated heterocycles. The van der Waals surface area contributed by atoms with Gasteiger partial charge in [0.2, 0.25) is 5.91 Å². The zero-order chi connectivity index (χ0) is 17.5. The number of amides is 1. The number of nitrogens with one attached hydrogen (secondary N) is 1. The van der Waals surface area contributed by atoms with Gasteiger partial charge in [-0.3, -0.25) is 4.79 Å². The number of benzene rings is 1. The third-order valence-electron chi connectivity index (χ3n) is 4.45. The van der Waals surface area contributed by atoms with Crippen molar-refractivity contribution in [2.75, 3.05) is 19.8 Å². The van der Waals surface area contributed by atoms with E-state index in [2.05, 4.69) is 31.3 Å². The van der Waals surface area contributed by atoms with E-state index in [0.29, 0.717) is 19.1 Å². The maximum absolute atomic E-state index is 12.1. The maximum Gasteiger partial charge on any atom is 0.248 e. The number of carbonyl (C=O) groups excluding carboxylic acids is 1. The van der Waals surface area contributed by atoms with Crippen molar-refractivity contribution in [2.24, 2.45) is 5.73 Å². The molecule has 0 aliphatic carbocycles. The molecule has 3 atom stereocenters. The molecular weight excluding hydrogens is 340 g/mol. The number of rotatable bonds is 8. The molecular formula is C19H31ClN2O3. The van der Waals surface area contributed by atoms with Crippen LogP contribution in [0.3, 0.4) is 0 Å². The summed E-state index contributed by atoms with van der Waals surface area (Å²) in [6, 6.07) is 8.03. The van der Waals surface area contributed by atoms with Gasteiger partial charge in [0.25, 0.3) is 0 Å². The largest absolute Gasteiger partial charge is 0.376 e. The lowest BCUT2D eigenvalue weighted by molar-refractivity contribution is -0.133. The van der Waals surface area contributed by atoms with Crippen LogP contribution in [-0.4, -0.2) is 37.9 Å². The Morgan fingerprint density at radius 1 is 1.28 bits per heavy atom. The van der Waals surface area contributed by atoms with E-state index in [1.165, 1.54) is 5.56 Å². The quantitative estimate of drug-likeness (QED) is 0.737. The van der Waals surface area contributed by atoms with Gasteiger partial charge in [-0.05, 0) is 36.8 Å². The van der Waals surface area contributed by atoms with Gasteiger partial charge in [0, 0.05) is 19.2 Å². The number of carbonyl (C=O) groups is 1. The first kappa shape index (κ1) is 21.9. The van der Waals surface area contributed by atoms with Gasteiger partial charge in [0.05, 0.1) is 12.7 Å². The van der Waals surface area contributed by atoms with Crippen molar-refractivity contribution in [2.45, 2.75) is 57.8 Å². The molecule has 0 radical (unpaired) electrons. The zero-order valence-corrected chi connectivity index (χ0v) is 16.2. The van der Waals surface area contributed by atoms with Crippen LogP contribution in [0.2, 0.25) is 0 Å². The molecule has 6 heteroatoms. The molecule has 1 heterocycles. The number of halogens is 1. The highest BCUT2D eigenvalue weighted by molar-refractivity contribution is 5.85. The first-order valence-corrected chi connectivity index (χ1v) is 8.83. The van der Waals surface area contributed by atoms with E-state index in [9.17, 15) is 4.79 Å². The second kappa shape index (κ2) is 10.8. The molecule has 142 valence electrons. The smallest absolute Gasteiger partial charge is 0.248 e. The normalized spacial score (nSPS) is 19.3. The Bertz CT molecular complexity index is 516. The van der Waals surface area contributed by atoms with Crippen LogP contribution in [0.4, 0.5) is 0 Å². The Balaban J connectivity index is 0.00000312. The van der Waals surface area contributed by atoms with Crippen LogP contribution in [0.15, 0.2) is 24.3 Å². The molecule has 1 fully saturated rings. The summed E-state index contributed by atoms with van der Waals surface area (Å²) in [5, 5.41) is 2.86. The topological polar surface area (TPSA) is 73.6 Å². The predicted octanol–water partition coefficient (Wildman–Crippen LogP) is 2.93. The highest BCUT2D eigenvalue weighted by Crippen LogP contribution is 2.17. The minimum absolute atomic E-state index is 0. The van der Waals surface area contributed by atoms with Crippen molar-refractivity contribution in [3.8, 4) is 0 Å². The third kappa shape index (κ3) is 6.94. The van der Waals surface area contributed by atoms with Gasteiger partial charge in [0.1, 0.15) is 6.10 Å². The van der Waals surface area contributed by atoms with Crippen LogP contribution in [-0.2, 0) is 14.3 Å². The number of ether oxygens (including phenoxy) is 2. The molecule has 3 N–H and O–H groups in total. The van der Waals surface area contributed by atoms with E-state index >= 15 is 0 Å². The second-order valence-electron chi connectivity index (χ2n) is 6.78. The lowest BCUT2D eigenvalue weighted by Crippen LogP contribution is -2.39. The summed E-state index contributed by atoms with van der Waals surface area (Å²) < 4.78 is 11.1. The van der Waals surface area contributed by atoms with E-state index in [0.717, 1.165) is 25.0 Å². The van der Waals surface area contributed by atoms with Crippen LogP contribution in [0.5, 0.6) is 0 Å². The van der Waals surface area contributed by atoms with Crippen LogP contribution in [0.25, 0.3) is 0 Å². The van der Waals surface area contributed by atoms with Crippen molar-refractivity contribution in [1.29, 1.82) is 0 Å². The fraction of sp³-hybridized carbons (Fsp3) is 0.632. The van der Waals surface area contributed by atoms with Gasteiger partial charge in [-0.2, -0.15) is 0 Å². The Hall–Kier alpha value is -1.14. The van der Waals surface area contributed by atoms with Crippen LogP contribution in [0, 0.1) is 0 Å². The number of nitrogens with two attached hydrogens (primary N) is 1. The lowest BCUT2D eigenvalue weighted by Gasteiger charge is -2.18. The van der Waals surface area contributed by atoms with Gasteiger partial charge in [-0.1, -0.05) is 38.1 Å². The molecule has 1 aliphatic rings. The molecule has 1 amide bonds. The van der Waals surface area contributed by atoms with Crippen molar-refractivity contribution in [3.63, 3.8) is 0 Å². The van der Waals surface area contributed by atoms with Gasteiger partial charge in [-0.15, -0.1) is 12.4 Å². The second-order valence-corrected chi connectivity index (χ2v) is 6.78. The highest BCUT2D eigenvalue weighted by Gasteiger charge is 2.20. The fourth-order valence-electron chi connectivity index (χ4n) is 2.70. The average molecular weight is 371 g/mol. The van der Waals surface area contributed by atoms with Crippen LogP contribution in [0.1, 0.15) is 56.7 Å². The zero-order valence-electron chi connectivity index (χ0n) is 15.4. The van der Waals surface area contributed by atoms with E-state index < -0.39 is 6.10 Å². The first-order valence-electron chi connectivity index (χ1n) is 8.83. The van der Waals surface area contributed by atoms with E-state index in [1.54, 1.807) is 6.92 Å². The molecule has 3 unspecified atom stereocenters. The summed E-state index contributed by atoms with van der Waals surface area (Å²) in [5.41, 5.74) is 8.47. The summed E-state index contributed by atoms with van der Waals surface area (Å²) in [6.45, 7) is 7.73. The van der Waals surface area contributed by atoms with E-state index in [4.69, 9.17) is 15.2 Å². The molecule has 2 rings (SSSR count). The molecule has 1 aromatic rings. The summed E-state index contributed by atoms with van der Waals surface area (Å²) in [7, 11) is 0. The molecule has 1 aromatic carbocycles. The van der Waals surface area contributed by atoms with E-state index in [-0.39, 0.29) is 30.5 Å². The molecule has 0 aromatic heterocycles.